The topological polar surface area (TPSA) is 84.2 Å². The maximum absolute atomic E-state index is 12.8. The molecule has 146 valence electrons. The lowest BCUT2D eigenvalue weighted by Gasteiger charge is -2.24. The molecule has 3 aromatic rings. The van der Waals surface area contributed by atoms with Crippen molar-refractivity contribution in [1.82, 2.24) is 29.8 Å². The standard InChI is InChI=1S/C20H24N6O2/c1-24(2)12-13-25(15-16-6-5-10-21-14-16)19(27)9-11-26-20(28)17-7-3-4-8-18(17)22-23-26/h3-8,10,14H,9,11-13,15H2,1-2H3. The molecule has 0 saturated carbocycles. The lowest BCUT2D eigenvalue weighted by atomic mass is 10.2. The first-order valence-corrected chi connectivity index (χ1v) is 9.18. The maximum Gasteiger partial charge on any atom is 0.277 e. The Morgan fingerprint density at radius 2 is 1.93 bits per heavy atom. The van der Waals surface area contributed by atoms with Gasteiger partial charge in [-0.2, -0.15) is 0 Å². The molecule has 0 bridgehead atoms. The van der Waals surface area contributed by atoms with Gasteiger partial charge in [0, 0.05) is 38.4 Å². The van der Waals surface area contributed by atoms with Crippen LogP contribution in [0.25, 0.3) is 10.9 Å². The normalized spacial score (nSPS) is 11.1. The van der Waals surface area contributed by atoms with Gasteiger partial charge in [0.05, 0.1) is 11.9 Å². The summed E-state index contributed by atoms with van der Waals surface area (Å²) in [4.78, 5) is 33.3. The van der Waals surface area contributed by atoms with Crippen LogP contribution in [0.1, 0.15) is 12.0 Å². The van der Waals surface area contributed by atoms with E-state index in [2.05, 4.69) is 15.3 Å². The van der Waals surface area contributed by atoms with Gasteiger partial charge in [0.25, 0.3) is 5.56 Å². The van der Waals surface area contributed by atoms with Crippen molar-refractivity contribution in [2.24, 2.45) is 0 Å². The Balaban J connectivity index is 1.70. The van der Waals surface area contributed by atoms with Crippen molar-refractivity contribution in [3.05, 3.63) is 64.7 Å². The van der Waals surface area contributed by atoms with Crippen LogP contribution in [0.15, 0.2) is 53.6 Å². The third kappa shape index (κ3) is 4.98. The molecule has 0 aliphatic carbocycles. The fourth-order valence-electron chi connectivity index (χ4n) is 2.85. The monoisotopic (exact) mass is 380 g/mol. The van der Waals surface area contributed by atoms with Crippen LogP contribution >= 0.6 is 0 Å². The highest BCUT2D eigenvalue weighted by Crippen LogP contribution is 2.07. The average molecular weight is 380 g/mol. The number of carbonyl (C=O) groups is 1. The van der Waals surface area contributed by atoms with Crippen LogP contribution in [0, 0.1) is 0 Å². The van der Waals surface area contributed by atoms with Crippen molar-refractivity contribution in [1.29, 1.82) is 0 Å². The zero-order valence-electron chi connectivity index (χ0n) is 16.2. The molecule has 0 spiro atoms. The van der Waals surface area contributed by atoms with E-state index in [-0.39, 0.29) is 24.4 Å². The van der Waals surface area contributed by atoms with Crippen LogP contribution in [-0.2, 0) is 17.9 Å². The number of rotatable bonds is 8. The molecule has 1 amide bonds. The van der Waals surface area contributed by atoms with Crippen LogP contribution in [0.2, 0.25) is 0 Å². The highest BCUT2D eigenvalue weighted by atomic mass is 16.2. The van der Waals surface area contributed by atoms with E-state index in [0.29, 0.717) is 24.0 Å². The SMILES string of the molecule is CN(C)CCN(Cc1cccnc1)C(=O)CCn1nnc2ccccc2c1=O. The molecule has 0 N–H and O–H groups in total. The second-order valence-corrected chi connectivity index (χ2v) is 6.86. The molecular formula is C20H24N6O2. The Hall–Kier alpha value is -3.13. The van der Waals surface area contributed by atoms with Gasteiger partial charge >= 0.3 is 0 Å². The summed E-state index contributed by atoms with van der Waals surface area (Å²) < 4.78 is 1.26. The average Bonchev–Trinajstić information content (AvgIpc) is 2.71. The van der Waals surface area contributed by atoms with Gasteiger partial charge in [0.1, 0.15) is 5.52 Å². The summed E-state index contributed by atoms with van der Waals surface area (Å²) in [6.07, 6.45) is 3.65. The summed E-state index contributed by atoms with van der Waals surface area (Å²) in [5, 5.41) is 8.53. The Bertz CT molecular complexity index is 987. The van der Waals surface area contributed by atoms with Gasteiger partial charge in [-0.1, -0.05) is 23.4 Å². The molecule has 0 unspecified atom stereocenters. The van der Waals surface area contributed by atoms with Crippen molar-refractivity contribution in [2.75, 3.05) is 27.2 Å². The van der Waals surface area contributed by atoms with E-state index < -0.39 is 0 Å². The predicted octanol–water partition coefficient (Wildman–Crippen LogP) is 1.17. The minimum atomic E-state index is -0.231. The van der Waals surface area contributed by atoms with Crippen molar-refractivity contribution in [3.63, 3.8) is 0 Å². The first-order valence-electron chi connectivity index (χ1n) is 9.18. The molecule has 8 nitrogen and oxygen atoms in total. The third-order valence-corrected chi connectivity index (χ3v) is 4.43. The van der Waals surface area contributed by atoms with Gasteiger partial charge in [-0.3, -0.25) is 14.6 Å². The van der Waals surface area contributed by atoms with Crippen molar-refractivity contribution < 1.29 is 4.79 Å². The highest BCUT2D eigenvalue weighted by Gasteiger charge is 2.15. The van der Waals surface area contributed by atoms with Crippen molar-refractivity contribution in [2.45, 2.75) is 19.5 Å². The van der Waals surface area contributed by atoms with E-state index >= 15 is 0 Å². The molecule has 28 heavy (non-hydrogen) atoms. The molecular weight excluding hydrogens is 356 g/mol. The first-order chi connectivity index (χ1) is 13.5. The van der Waals surface area contributed by atoms with Gasteiger partial charge in [-0.25, -0.2) is 4.68 Å². The number of aromatic nitrogens is 4. The van der Waals surface area contributed by atoms with Crippen LogP contribution < -0.4 is 5.56 Å². The van der Waals surface area contributed by atoms with Crippen LogP contribution in [0.4, 0.5) is 0 Å². The molecule has 0 radical (unpaired) electrons. The molecule has 0 fully saturated rings. The van der Waals surface area contributed by atoms with Crippen LogP contribution in [0.3, 0.4) is 0 Å². The Kier molecular flexibility index (Phi) is 6.44. The number of aryl methyl sites for hydroxylation is 1. The van der Waals surface area contributed by atoms with Crippen LogP contribution in [-0.4, -0.2) is 62.9 Å². The van der Waals surface area contributed by atoms with E-state index in [9.17, 15) is 9.59 Å². The minimum Gasteiger partial charge on any atom is -0.337 e. The molecule has 1 aromatic carbocycles. The van der Waals surface area contributed by atoms with E-state index in [4.69, 9.17) is 0 Å². The van der Waals surface area contributed by atoms with E-state index in [1.165, 1.54) is 4.68 Å². The molecule has 8 heteroatoms. The van der Waals surface area contributed by atoms with Crippen molar-refractivity contribution in [3.8, 4) is 0 Å². The fourth-order valence-corrected chi connectivity index (χ4v) is 2.85. The van der Waals surface area contributed by atoms with E-state index in [0.717, 1.165) is 12.1 Å². The first kappa shape index (κ1) is 19.6. The molecule has 0 atom stereocenters. The zero-order chi connectivity index (χ0) is 19.9. The Morgan fingerprint density at radius 1 is 1.11 bits per heavy atom. The number of pyridine rings is 1. The summed E-state index contributed by atoms with van der Waals surface area (Å²) in [7, 11) is 3.94. The van der Waals surface area contributed by atoms with Gasteiger partial charge in [0.15, 0.2) is 0 Å². The Morgan fingerprint density at radius 3 is 2.68 bits per heavy atom. The molecule has 3 rings (SSSR count). The van der Waals surface area contributed by atoms with Gasteiger partial charge in [-0.05, 0) is 37.9 Å². The number of fused-ring (bicyclic) bond motifs is 1. The summed E-state index contributed by atoms with van der Waals surface area (Å²) in [6.45, 7) is 2.03. The van der Waals surface area contributed by atoms with Crippen LogP contribution in [0.5, 0.6) is 0 Å². The maximum atomic E-state index is 12.8. The summed E-state index contributed by atoms with van der Waals surface area (Å²) in [5.41, 5.74) is 1.29. The number of carbonyl (C=O) groups excluding carboxylic acids is 1. The molecule has 0 saturated heterocycles. The van der Waals surface area contributed by atoms with E-state index in [1.54, 1.807) is 35.5 Å². The second kappa shape index (κ2) is 9.18. The fraction of sp³-hybridized carbons (Fsp3) is 0.350. The number of likely N-dealkylation sites (N-methyl/N-ethyl adjacent to an activating group) is 1. The van der Waals surface area contributed by atoms with E-state index in [1.807, 2.05) is 37.2 Å². The third-order valence-electron chi connectivity index (χ3n) is 4.43. The highest BCUT2D eigenvalue weighted by molar-refractivity contribution is 5.77. The molecule has 2 aromatic heterocycles. The number of benzene rings is 1. The molecule has 2 heterocycles. The van der Waals surface area contributed by atoms with Gasteiger partial charge in [-0.15, -0.1) is 5.10 Å². The minimum absolute atomic E-state index is 0.0347. The molecule has 0 aliphatic rings. The number of hydrogen-bond acceptors (Lipinski definition) is 6. The van der Waals surface area contributed by atoms with Gasteiger partial charge < -0.3 is 9.80 Å². The lowest BCUT2D eigenvalue weighted by molar-refractivity contribution is -0.132. The van der Waals surface area contributed by atoms with Gasteiger partial charge in [0.2, 0.25) is 5.91 Å². The number of hydrogen-bond donors (Lipinski definition) is 0. The molecule has 0 aliphatic heterocycles. The summed E-state index contributed by atoms with van der Waals surface area (Å²) >= 11 is 0. The Labute approximate surface area is 163 Å². The predicted molar refractivity (Wildman–Crippen MR) is 107 cm³/mol. The smallest absolute Gasteiger partial charge is 0.277 e. The largest absolute Gasteiger partial charge is 0.337 e. The zero-order valence-corrected chi connectivity index (χ0v) is 16.2. The summed E-state index contributed by atoms with van der Waals surface area (Å²) in [6, 6.07) is 10.9. The lowest BCUT2D eigenvalue weighted by Crippen LogP contribution is -2.37. The quantitative estimate of drug-likeness (QED) is 0.583. The van der Waals surface area contributed by atoms with Crippen molar-refractivity contribution >= 4 is 16.8 Å². The number of nitrogens with zero attached hydrogens (tertiary/aromatic N) is 6. The number of amides is 1. The summed E-state index contributed by atoms with van der Waals surface area (Å²) in [5.74, 6) is -0.0347. The second-order valence-electron chi connectivity index (χ2n) is 6.86.